The van der Waals surface area contributed by atoms with Crippen molar-refractivity contribution in [1.82, 2.24) is 0 Å². The number of carboxylic acid groups (broad SMARTS) is 4. The summed E-state index contributed by atoms with van der Waals surface area (Å²) in [5.74, 6) is -10.4. The Labute approximate surface area is 192 Å². The Morgan fingerprint density at radius 3 is 1.16 bits per heavy atom. The van der Waals surface area contributed by atoms with Crippen molar-refractivity contribution < 1.29 is 58.7 Å². The lowest BCUT2D eigenvalue weighted by Crippen LogP contribution is -2.40. The number of thioether (sulfide) groups is 2. The van der Waals surface area contributed by atoms with Crippen molar-refractivity contribution in [2.45, 2.75) is 37.9 Å². The minimum Gasteiger partial charge on any atom is -0.481 e. The lowest BCUT2D eigenvalue weighted by Gasteiger charge is -2.27. The highest BCUT2D eigenvalue weighted by atomic mass is 32.2. The molecule has 32 heavy (non-hydrogen) atoms. The van der Waals surface area contributed by atoms with Crippen LogP contribution in [0.5, 0.6) is 0 Å². The number of esters is 2. The summed E-state index contributed by atoms with van der Waals surface area (Å²) in [6.45, 7) is 0. The maximum absolute atomic E-state index is 12.2. The van der Waals surface area contributed by atoms with Gasteiger partial charge in [-0.05, 0) is 12.5 Å². The van der Waals surface area contributed by atoms with Gasteiger partial charge in [0.2, 0.25) is 0 Å². The average Bonchev–Trinajstić information content (AvgIpc) is 2.65. The van der Waals surface area contributed by atoms with Gasteiger partial charge >= 0.3 is 35.8 Å². The number of hydrogen-bond acceptors (Lipinski definition) is 10. The molecule has 0 heterocycles. The van der Waals surface area contributed by atoms with Crippen molar-refractivity contribution in [3.05, 3.63) is 0 Å². The van der Waals surface area contributed by atoms with Crippen molar-refractivity contribution in [2.75, 3.05) is 24.0 Å². The first-order valence-electron chi connectivity index (χ1n) is 9.17. The van der Waals surface area contributed by atoms with Gasteiger partial charge in [-0.3, -0.25) is 28.8 Å². The summed E-state index contributed by atoms with van der Waals surface area (Å²) in [5.41, 5.74) is 0. The third kappa shape index (κ3) is 12.4. The summed E-state index contributed by atoms with van der Waals surface area (Å²) < 4.78 is 10.5. The molecule has 0 amide bonds. The number of hydrogen-bond donors (Lipinski definition) is 4. The van der Waals surface area contributed by atoms with Gasteiger partial charge in [-0.25, -0.2) is 0 Å². The molecular formula is C18H26O12S2. The normalized spacial score (nSPS) is 14.4. The number of ether oxygens (including phenoxy) is 2. The highest BCUT2D eigenvalue weighted by molar-refractivity contribution is 7.98. The van der Waals surface area contributed by atoms with Crippen LogP contribution in [0.15, 0.2) is 0 Å². The van der Waals surface area contributed by atoms with E-state index in [1.54, 1.807) is 12.5 Å². The summed E-state index contributed by atoms with van der Waals surface area (Å²) in [4.78, 5) is 68.3. The lowest BCUT2D eigenvalue weighted by molar-refractivity contribution is -0.168. The molecule has 0 aromatic rings. The van der Waals surface area contributed by atoms with Crippen molar-refractivity contribution in [3.63, 3.8) is 0 Å². The molecule has 0 aromatic heterocycles. The van der Waals surface area contributed by atoms with Crippen LogP contribution >= 0.6 is 23.5 Å². The highest BCUT2D eigenvalue weighted by Gasteiger charge is 2.33. The molecule has 0 aromatic carbocycles. The molecule has 0 rings (SSSR count). The van der Waals surface area contributed by atoms with E-state index >= 15 is 0 Å². The van der Waals surface area contributed by atoms with E-state index in [1.807, 2.05) is 0 Å². The maximum Gasteiger partial charge on any atom is 0.307 e. The zero-order valence-electron chi connectivity index (χ0n) is 17.4. The van der Waals surface area contributed by atoms with E-state index < -0.39 is 85.5 Å². The summed E-state index contributed by atoms with van der Waals surface area (Å²) >= 11 is 2.47. The van der Waals surface area contributed by atoms with Gasteiger partial charge < -0.3 is 29.9 Å². The van der Waals surface area contributed by atoms with Gasteiger partial charge in [-0.15, -0.1) is 0 Å². The fourth-order valence-electron chi connectivity index (χ4n) is 2.51. The van der Waals surface area contributed by atoms with Gasteiger partial charge in [0.15, 0.2) is 0 Å². The van der Waals surface area contributed by atoms with Gasteiger partial charge in [0.1, 0.15) is 12.2 Å². The van der Waals surface area contributed by atoms with E-state index in [0.717, 1.165) is 0 Å². The molecule has 0 aliphatic heterocycles. The molecule has 0 radical (unpaired) electrons. The molecule has 4 atom stereocenters. The van der Waals surface area contributed by atoms with E-state index in [-0.39, 0.29) is 11.5 Å². The van der Waals surface area contributed by atoms with Crippen molar-refractivity contribution in [3.8, 4) is 0 Å². The van der Waals surface area contributed by atoms with Crippen LogP contribution < -0.4 is 0 Å². The summed E-state index contributed by atoms with van der Waals surface area (Å²) in [6.07, 6.45) is -1.64. The topological polar surface area (TPSA) is 202 Å². The van der Waals surface area contributed by atoms with Gasteiger partial charge in [-0.1, -0.05) is 0 Å². The van der Waals surface area contributed by atoms with Crippen LogP contribution in [-0.4, -0.2) is 92.5 Å². The Balaban J connectivity index is 5.30. The molecule has 12 nitrogen and oxygen atoms in total. The van der Waals surface area contributed by atoms with E-state index in [1.165, 1.54) is 23.5 Å². The molecule has 4 unspecified atom stereocenters. The Kier molecular flexibility index (Phi) is 14.2. The van der Waals surface area contributed by atoms with Gasteiger partial charge in [0.25, 0.3) is 0 Å². The van der Waals surface area contributed by atoms with Crippen LogP contribution in [0.1, 0.15) is 25.7 Å². The van der Waals surface area contributed by atoms with Crippen molar-refractivity contribution in [1.29, 1.82) is 0 Å². The largest absolute Gasteiger partial charge is 0.481 e. The molecule has 0 bridgehead atoms. The predicted molar refractivity (Wildman–Crippen MR) is 113 cm³/mol. The summed E-state index contributed by atoms with van der Waals surface area (Å²) in [5, 5.41) is 35.7. The first-order chi connectivity index (χ1) is 14.9. The lowest BCUT2D eigenvalue weighted by atomic mass is 10.0. The number of rotatable bonds is 17. The standard InChI is InChI=1S/C18H26O12S2/c1-31-7-11(29-15(23)5-9(17(25)26)3-13(19)20)12(8-32-2)30-16(24)6-10(18(27)28)4-14(21)22/h9-12H,3-8H2,1-2H3,(H,19,20)(H,21,22)(H,25,26)(H,27,28). The second-order valence-corrected chi connectivity index (χ2v) is 8.46. The third-order valence-electron chi connectivity index (χ3n) is 4.01. The van der Waals surface area contributed by atoms with Crippen LogP contribution in [0.4, 0.5) is 0 Å². The Morgan fingerprint density at radius 1 is 0.625 bits per heavy atom. The summed E-state index contributed by atoms with van der Waals surface area (Å²) in [6, 6.07) is 0. The Morgan fingerprint density at radius 2 is 0.938 bits per heavy atom. The first-order valence-corrected chi connectivity index (χ1v) is 12.0. The van der Waals surface area contributed by atoms with Crippen molar-refractivity contribution in [2.24, 2.45) is 11.8 Å². The Bertz CT molecular complexity index is 637. The number of carbonyl (C=O) groups is 6. The van der Waals surface area contributed by atoms with E-state index in [4.69, 9.17) is 29.9 Å². The molecule has 4 N–H and O–H groups in total. The van der Waals surface area contributed by atoms with E-state index in [2.05, 4.69) is 0 Å². The molecular weight excluding hydrogens is 472 g/mol. The predicted octanol–water partition coefficient (Wildman–Crippen LogP) is 0.667. The minimum atomic E-state index is -1.50. The van der Waals surface area contributed by atoms with E-state index in [0.29, 0.717) is 0 Å². The Hall–Kier alpha value is -2.48. The SMILES string of the molecule is CSCC(OC(=O)CC(CC(=O)O)C(=O)O)C(CSC)OC(=O)CC(CC(=O)O)C(=O)O. The fourth-order valence-corrected chi connectivity index (χ4v) is 3.74. The second kappa shape index (κ2) is 15.3. The highest BCUT2D eigenvalue weighted by Crippen LogP contribution is 2.19. The number of carboxylic acids is 4. The van der Waals surface area contributed by atoms with Crippen LogP contribution in [0, 0.1) is 11.8 Å². The molecule has 0 fully saturated rings. The fraction of sp³-hybridized carbons (Fsp3) is 0.667. The minimum absolute atomic E-state index is 0.151. The van der Waals surface area contributed by atoms with Gasteiger partial charge in [-0.2, -0.15) is 23.5 Å². The smallest absolute Gasteiger partial charge is 0.307 e. The monoisotopic (exact) mass is 498 g/mol. The first kappa shape index (κ1) is 29.5. The molecule has 0 aliphatic carbocycles. The molecule has 0 saturated heterocycles. The van der Waals surface area contributed by atoms with Crippen molar-refractivity contribution >= 4 is 59.3 Å². The third-order valence-corrected chi connectivity index (χ3v) is 5.33. The number of aliphatic carboxylic acids is 4. The van der Waals surface area contributed by atoms with Crippen LogP contribution in [0.3, 0.4) is 0 Å². The number of carbonyl (C=O) groups excluding carboxylic acids is 2. The van der Waals surface area contributed by atoms with Crippen LogP contribution in [0.25, 0.3) is 0 Å². The summed E-state index contributed by atoms with van der Waals surface area (Å²) in [7, 11) is 0. The maximum atomic E-state index is 12.2. The zero-order valence-corrected chi connectivity index (χ0v) is 19.1. The van der Waals surface area contributed by atoms with Gasteiger partial charge in [0.05, 0.1) is 37.5 Å². The quantitative estimate of drug-likeness (QED) is 0.204. The van der Waals surface area contributed by atoms with Crippen LogP contribution in [-0.2, 0) is 38.2 Å². The molecule has 0 saturated carbocycles. The average molecular weight is 499 g/mol. The second-order valence-electron chi connectivity index (χ2n) is 6.64. The van der Waals surface area contributed by atoms with Crippen LogP contribution in [0.2, 0.25) is 0 Å². The molecule has 0 spiro atoms. The molecule has 182 valence electrons. The zero-order chi connectivity index (χ0) is 24.8. The molecule has 14 heteroatoms. The van der Waals surface area contributed by atoms with Gasteiger partial charge in [0, 0.05) is 11.5 Å². The molecule has 0 aliphatic rings. The van der Waals surface area contributed by atoms with E-state index in [9.17, 15) is 28.8 Å².